The standard InChI is InChI=1S/C25H20F3N3O4S/c26-25(27,28)21-15(13-5-2-1-3-6-13)10-20(36-21)23-29-22(30-35-23)19-9-16-17(7-4-8-18(16)34-19)31-11-14(12-31)24(32)33/h1-3,5-6,9-10,14,17H,4,7-8,11-12H2,(H,32,33). The minimum Gasteiger partial charge on any atom is -0.481 e. The second-order valence-corrected chi connectivity index (χ2v) is 10.1. The minimum absolute atomic E-state index is 0.0133. The molecule has 0 saturated carbocycles. The van der Waals surface area contributed by atoms with Crippen molar-refractivity contribution in [1.29, 1.82) is 0 Å². The largest absolute Gasteiger partial charge is 0.481 e. The number of aromatic nitrogens is 2. The van der Waals surface area contributed by atoms with Gasteiger partial charge in [-0.25, -0.2) is 0 Å². The number of thiophene rings is 1. The number of aliphatic carboxylic acids is 1. The van der Waals surface area contributed by atoms with Crippen LogP contribution in [-0.2, 0) is 17.4 Å². The van der Waals surface area contributed by atoms with Crippen LogP contribution in [0.25, 0.3) is 33.5 Å². The van der Waals surface area contributed by atoms with Crippen LogP contribution in [0.3, 0.4) is 0 Å². The highest BCUT2D eigenvalue weighted by Gasteiger charge is 2.40. The molecule has 1 aliphatic carbocycles. The number of carboxylic acid groups (broad SMARTS) is 1. The molecule has 2 aliphatic rings. The Morgan fingerprint density at radius 2 is 1.94 bits per heavy atom. The van der Waals surface area contributed by atoms with Crippen molar-refractivity contribution >= 4 is 17.3 Å². The van der Waals surface area contributed by atoms with Crippen molar-refractivity contribution in [3.05, 3.63) is 58.7 Å². The first-order chi connectivity index (χ1) is 17.3. The Morgan fingerprint density at radius 3 is 2.67 bits per heavy atom. The number of hydrogen-bond acceptors (Lipinski definition) is 7. The third-order valence-electron chi connectivity index (χ3n) is 6.71. The summed E-state index contributed by atoms with van der Waals surface area (Å²) in [5.41, 5.74) is 1.49. The normalized spacial score (nSPS) is 18.7. The molecule has 1 saturated heterocycles. The lowest BCUT2D eigenvalue weighted by Crippen LogP contribution is -2.52. The summed E-state index contributed by atoms with van der Waals surface area (Å²) in [5.74, 6) is 0.192. The number of hydrogen-bond donors (Lipinski definition) is 1. The molecule has 0 spiro atoms. The smallest absolute Gasteiger partial charge is 0.426 e. The predicted molar refractivity (Wildman–Crippen MR) is 124 cm³/mol. The highest BCUT2D eigenvalue weighted by Crippen LogP contribution is 2.46. The fraction of sp³-hybridized carbons (Fsp3) is 0.320. The van der Waals surface area contributed by atoms with E-state index in [1.54, 1.807) is 30.3 Å². The monoisotopic (exact) mass is 515 g/mol. The van der Waals surface area contributed by atoms with Gasteiger partial charge in [0.25, 0.3) is 5.89 Å². The average molecular weight is 516 g/mol. The maximum Gasteiger partial charge on any atom is 0.426 e. The first-order valence-electron chi connectivity index (χ1n) is 11.5. The molecule has 7 nitrogen and oxygen atoms in total. The van der Waals surface area contributed by atoms with Gasteiger partial charge >= 0.3 is 12.1 Å². The molecule has 4 aromatic rings. The molecule has 6 rings (SSSR count). The second-order valence-electron chi connectivity index (χ2n) is 9.03. The van der Waals surface area contributed by atoms with E-state index in [1.807, 2.05) is 6.07 Å². The van der Waals surface area contributed by atoms with Gasteiger partial charge in [-0.15, -0.1) is 11.3 Å². The van der Waals surface area contributed by atoms with Gasteiger partial charge in [-0.2, -0.15) is 18.2 Å². The van der Waals surface area contributed by atoms with Crippen LogP contribution in [0.1, 0.15) is 35.1 Å². The summed E-state index contributed by atoms with van der Waals surface area (Å²) in [5, 5.41) is 13.2. The lowest BCUT2D eigenvalue weighted by molar-refractivity contribution is -0.149. The number of halogens is 3. The first-order valence-corrected chi connectivity index (χ1v) is 12.3. The van der Waals surface area contributed by atoms with E-state index in [0.29, 0.717) is 35.7 Å². The van der Waals surface area contributed by atoms with Gasteiger partial charge in [0.05, 0.1) is 10.8 Å². The number of rotatable bonds is 5. The van der Waals surface area contributed by atoms with Gasteiger partial charge in [0.15, 0.2) is 5.76 Å². The lowest BCUT2D eigenvalue weighted by Gasteiger charge is -2.43. The molecular weight excluding hydrogens is 495 g/mol. The van der Waals surface area contributed by atoms with Crippen molar-refractivity contribution in [1.82, 2.24) is 15.0 Å². The first kappa shape index (κ1) is 23.0. The number of alkyl halides is 3. The van der Waals surface area contributed by atoms with Gasteiger partial charge < -0.3 is 14.0 Å². The third kappa shape index (κ3) is 4.01. The van der Waals surface area contributed by atoms with Gasteiger partial charge in [-0.05, 0) is 30.5 Å². The Hall–Kier alpha value is -3.44. The van der Waals surface area contributed by atoms with Crippen LogP contribution in [-0.4, -0.2) is 39.2 Å². The molecule has 1 unspecified atom stereocenters. The Labute approximate surface area is 207 Å². The molecule has 1 N–H and O–H groups in total. The average Bonchev–Trinajstić information content (AvgIpc) is 3.55. The van der Waals surface area contributed by atoms with Crippen LogP contribution in [0.4, 0.5) is 13.2 Å². The number of aryl methyl sites for hydroxylation is 1. The van der Waals surface area contributed by atoms with Crippen molar-refractivity contribution < 1.29 is 32.0 Å². The maximum absolute atomic E-state index is 13.8. The van der Waals surface area contributed by atoms with Crippen molar-refractivity contribution in [2.45, 2.75) is 31.5 Å². The van der Waals surface area contributed by atoms with E-state index in [-0.39, 0.29) is 34.1 Å². The van der Waals surface area contributed by atoms with Gasteiger partial charge in [-0.1, -0.05) is 35.5 Å². The fourth-order valence-corrected chi connectivity index (χ4v) is 5.88. The van der Waals surface area contributed by atoms with E-state index in [9.17, 15) is 23.1 Å². The Kier molecular flexibility index (Phi) is 5.49. The Bertz CT molecular complexity index is 1420. The number of fused-ring (bicyclic) bond motifs is 1. The van der Waals surface area contributed by atoms with Crippen molar-refractivity contribution in [3.63, 3.8) is 0 Å². The molecular formula is C25H20F3N3O4S. The minimum atomic E-state index is -4.53. The van der Waals surface area contributed by atoms with E-state index >= 15 is 0 Å². The van der Waals surface area contributed by atoms with E-state index in [1.165, 1.54) is 6.07 Å². The fourth-order valence-electron chi connectivity index (χ4n) is 4.91. The second kappa shape index (κ2) is 8.59. The predicted octanol–water partition coefficient (Wildman–Crippen LogP) is 6.14. The number of likely N-dealkylation sites (tertiary alicyclic amines) is 1. The van der Waals surface area contributed by atoms with Crippen LogP contribution >= 0.6 is 11.3 Å². The Morgan fingerprint density at radius 1 is 1.17 bits per heavy atom. The molecule has 1 aromatic carbocycles. The van der Waals surface area contributed by atoms with Crippen molar-refractivity contribution in [2.75, 3.05) is 13.1 Å². The van der Waals surface area contributed by atoms with E-state index < -0.39 is 17.0 Å². The summed E-state index contributed by atoms with van der Waals surface area (Å²) in [6.07, 6.45) is -1.98. The zero-order valence-electron chi connectivity index (χ0n) is 18.8. The van der Waals surface area contributed by atoms with Gasteiger partial charge in [0.1, 0.15) is 10.6 Å². The van der Waals surface area contributed by atoms with Crippen LogP contribution in [0.15, 0.2) is 51.4 Å². The number of furan rings is 1. The van der Waals surface area contributed by atoms with Gasteiger partial charge in [0.2, 0.25) is 5.82 Å². The van der Waals surface area contributed by atoms with E-state index in [2.05, 4.69) is 15.0 Å². The van der Waals surface area contributed by atoms with E-state index in [4.69, 9.17) is 8.94 Å². The zero-order chi connectivity index (χ0) is 25.0. The molecule has 0 bridgehead atoms. The molecule has 0 radical (unpaired) electrons. The zero-order valence-corrected chi connectivity index (χ0v) is 19.6. The summed E-state index contributed by atoms with van der Waals surface area (Å²) in [6, 6.07) is 11.7. The molecule has 36 heavy (non-hydrogen) atoms. The molecule has 11 heteroatoms. The topological polar surface area (TPSA) is 92.6 Å². The molecule has 4 heterocycles. The van der Waals surface area contributed by atoms with Gasteiger partial charge in [-0.3, -0.25) is 9.69 Å². The molecule has 1 fully saturated rings. The summed E-state index contributed by atoms with van der Waals surface area (Å²) >= 11 is 0.561. The van der Waals surface area contributed by atoms with Gasteiger partial charge in [0, 0.05) is 36.7 Å². The quantitative estimate of drug-likeness (QED) is 0.341. The number of benzene rings is 1. The summed E-state index contributed by atoms with van der Waals surface area (Å²) in [7, 11) is 0. The van der Waals surface area contributed by atoms with Crippen LogP contribution < -0.4 is 0 Å². The van der Waals surface area contributed by atoms with Crippen LogP contribution in [0.2, 0.25) is 0 Å². The molecule has 3 aromatic heterocycles. The highest BCUT2D eigenvalue weighted by atomic mass is 32.1. The lowest BCUT2D eigenvalue weighted by atomic mass is 9.87. The number of carboxylic acids is 1. The summed E-state index contributed by atoms with van der Waals surface area (Å²) in [6.45, 7) is 0.992. The SMILES string of the molecule is O=C(O)C1CN(C2CCCc3oc(-c4noc(-c5cc(-c6ccccc6)c(C(F)(F)F)s5)n4)cc32)C1. The Balaban J connectivity index is 1.29. The molecule has 186 valence electrons. The highest BCUT2D eigenvalue weighted by molar-refractivity contribution is 7.16. The summed E-state index contributed by atoms with van der Waals surface area (Å²) < 4.78 is 52.6. The molecule has 0 amide bonds. The van der Waals surface area contributed by atoms with Crippen LogP contribution in [0.5, 0.6) is 0 Å². The van der Waals surface area contributed by atoms with E-state index in [0.717, 1.165) is 30.6 Å². The number of nitrogens with zero attached hydrogens (tertiary/aromatic N) is 3. The van der Waals surface area contributed by atoms with Crippen LogP contribution in [0, 0.1) is 5.92 Å². The maximum atomic E-state index is 13.8. The van der Waals surface area contributed by atoms with Crippen molar-refractivity contribution in [3.8, 4) is 33.5 Å². The van der Waals surface area contributed by atoms with Crippen molar-refractivity contribution in [2.24, 2.45) is 5.92 Å². The third-order valence-corrected chi connectivity index (χ3v) is 7.88. The number of carbonyl (C=O) groups is 1. The summed E-state index contributed by atoms with van der Waals surface area (Å²) in [4.78, 5) is 17.2. The molecule has 1 atom stereocenters. The molecule has 1 aliphatic heterocycles.